The van der Waals surface area contributed by atoms with E-state index in [0.717, 1.165) is 0 Å². The number of anilines is 1. The van der Waals surface area contributed by atoms with Gasteiger partial charge in [-0.2, -0.15) is 0 Å². The van der Waals surface area contributed by atoms with Gasteiger partial charge >= 0.3 is 0 Å². The molecule has 0 spiro atoms. The van der Waals surface area contributed by atoms with Crippen molar-refractivity contribution in [2.24, 2.45) is 5.92 Å². The van der Waals surface area contributed by atoms with E-state index < -0.39 is 0 Å². The molecule has 1 aromatic rings. The van der Waals surface area contributed by atoms with Crippen molar-refractivity contribution in [1.29, 1.82) is 0 Å². The Morgan fingerprint density at radius 2 is 1.90 bits per heavy atom. The zero-order valence-electron chi connectivity index (χ0n) is 12.7. The van der Waals surface area contributed by atoms with E-state index in [0.29, 0.717) is 29.2 Å². The fourth-order valence-electron chi connectivity index (χ4n) is 2.99. The molecule has 1 aromatic carbocycles. The Labute approximate surface area is 132 Å². The molecule has 0 unspecified atom stereocenters. The molecule has 21 heavy (non-hydrogen) atoms. The summed E-state index contributed by atoms with van der Waals surface area (Å²) in [6.45, 7) is 2.53. The van der Waals surface area contributed by atoms with Gasteiger partial charge in [0.05, 0.1) is 17.3 Å². The fourth-order valence-corrected chi connectivity index (χ4v) is 3.17. The van der Waals surface area contributed by atoms with Crippen LogP contribution < -0.4 is 10.6 Å². The van der Waals surface area contributed by atoms with Crippen molar-refractivity contribution in [3.05, 3.63) is 29.3 Å². The standard InChI is InChI=1S/C17H25ClN2O/c1-13(14-8-4-2-3-5-9-14)19-12-17(21)20-16-11-7-6-10-15(16)18/h6-7,10-11,13-14,19H,2-5,8-9,12H2,1H3,(H,20,21)/t13-/m0/s1. The summed E-state index contributed by atoms with van der Waals surface area (Å²) in [6, 6.07) is 7.70. The van der Waals surface area contributed by atoms with E-state index in [2.05, 4.69) is 17.6 Å². The lowest BCUT2D eigenvalue weighted by atomic mass is 9.93. The third kappa shape index (κ3) is 5.33. The highest BCUT2D eigenvalue weighted by Crippen LogP contribution is 2.25. The molecule has 4 heteroatoms. The van der Waals surface area contributed by atoms with E-state index in [1.807, 2.05) is 18.2 Å². The highest BCUT2D eigenvalue weighted by molar-refractivity contribution is 6.33. The predicted molar refractivity (Wildman–Crippen MR) is 88.7 cm³/mol. The van der Waals surface area contributed by atoms with Crippen LogP contribution in [0.15, 0.2) is 24.3 Å². The van der Waals surface area contributed by atoms with E-state index in [9.17, 15) is 4.79 Å². The Balaban J connectivity index is 1.76. The Bertz CT molecular complexity index is 456. The molecule has 116 valence electrons. The zero-order chi connectivity index (χ0) is 15.1. The molecule has 1 aliphatic carbocycles. The van der Waals surface area contributed by atoms with Crippen molar-refractivity contribution in [3.8, 4) is 0 Å². The second-order valence-corrected chi connectivity index (χ2v) is 6.36. The van der Waals surface area contributed by atoms with Gasteiger partial charge in [0.25, 0.3) is 0 Å². The first kappa shape index (κ1) is 16.3. The van der Waals surface area contributed by atoms with E-state index >= 15 is 0 Å². The number of amides is 1. The molecule has 0 aliphatic heterocycles. The number of nitrogens with one attached hydrogen (secondary N) is 2. The van der Waals surface area contributed by atoms with Crippen LogP contribution in [0.4, 0.5) is 5.69 Å². The first-order valence-corrected chi connectivity index (χ1v) is 8.32. The number of hydrogen-bond acceptors (Lipinski definition) is 2. The van der Waals surface area contributed by atoms with Crippen LogP contribution in [0.3, 0.4) is 0 Å². The number of benzene rings is 1. The van der Waals surface area contributed by atoms with Gasteiger partial charge in [-0.25, -0.2) is 0 Å². The summed E-state index contributed by atoms with van der Waals surface area (Å²) < 4.78 is 0. The van der Waals surface area contributed by atoms with Gasteiger partial charge in [0.15, 0.2) is 0 Å². The molecule has 1 amide bonds. The average molecular weight is 309 g/mol. The monoisotopic (exact) mass is 308 g/mol. The lowest BCUT2D eigenvalue weighted by molar-refractivity contribution is -0.115. The van der Waals surface area contributed by atoms with Crippen LogP contribution in [0, 0.1) is 5.92 Å². The molecule has 0 bridgehead atoms. The van der Waals surface area contributed by atoms with E-state index in [4.69, 9.17) is 11.6 Å². The van der Waals surface area contributed by atoms with Crippen LogP contribution in [-0.4, -0.2) is 18.5 Å². The molecule has 1 fully saturated rings. The van der Waals surface area contributed by atoms with Gasteiger partial charge in [0.2, 0.25) is 5.91 Å². The molecule has 3 nitrogen and oxygen atoms in total. The van der Waals surface area contributed by atoms with Crippen molar-refractivity contribution in [2.45, 2.75) is 51.5 Å². The van der Waals surface area contributed by atoms with Gasteiger partial charge in [-0.3, -0.25) is 4.79 Å². The van der Waals surface area contributed by atoms with Gasteiger partial charge < -0.3 is 10.6 Å². The maximum absolute atomic E-state index is 12.0. The SMILES string of the molecule is C[C@H](NCC(=O)Nc1ccccc1Cl)C1CCCCCC1. The Morgan fingerprint density at radius 3 is 2.57 bits per heavy atom. The Morgan fingerprint density at radius 1 is 1.24 bits per heavy atom. The van der Waals surface area contributed by atoms with Crippen LogP contribution in [-0.2, 0) is 4.79 Å². The third-order valence-corrected chi connectivity index (χ3v) is 4.67. The van der Waals surface area contributed by atoms with Crippen molar-refractivity contribution < 1.29 is 4.79 Å². The molecule has 1 atom stereocenters. The van der Waals surface area contributed by atoms with Gasteiger partial charge in [-0.05, 0) is 37.8 Å². The van der Waals surface area contributed by atoms with E-state index in [-0.39, 0.29) is 5.91 Å². The van der Waals surface area contributed by atoms with Crippen LogP contribution >= 0.6 is 11.6 Å². The normalized spacial score (nSPS) is 18.0. The summed E-state index contributed by atoms with van der Waals surface area (Å²) in [6.07, 6.45) is 7.91. The third-order valence-electron chi connectivity index (χ3n) is 4.34. The number of carbonyl (C=O) groups excluding carboxylic acids is 1. The Hall–Kier alpha value is -1.06. The number of para-hydroxylation sites is 1. The van der Waals surface area contributed by atoms with Gasteiger partial charge in [-0.1, -0.05) is 49.4 Å². The lowest BCUT2D eigenvalue weighted by Crippen LogP contribution is -2.38. The molecule has 2 N–H and O–H groups in total. The second-order valence-electron chi connectivity index (χ2n) is 5.95. The minimum Gasteiger partial charge on any atom is -0.324 e. The first-order chi connectivity index (χ1) is 10.2. The van der Waals surface area contributed by atoms with Gasteiger partial charge in [0.1, 0.15) is 0 Å². The summed E-state index contributed by atoms with van der Waals surface area (Å²) in [5.74, 6) is 0.657. The molecule has 0 saturated heterocycles. The predicted octanol–water partition coefficient (Wildman–Crippen LogP) is 4.23. The molecule has 2 rings (SSSR count). The molecule has 1 aliphatic rings. The summed E-state index contributed by atoms with van der Waals surface area (Å²) >= 11 is 6.04. The summed E-state index contributed by atoms with van der Waals surface area (Å²) in [5, 5.41) is 6.78. The number of rotatable bonds is 5. The lowest BCUT2D eigenvalue weighted by Gasteiger charge is -2.23. The smallest absolute Gasteiger partial charge is 0.238 e. The molecule has 0 aromatic heterocycles. The Kier molecular flexibility index (Phi) is 6.52. The highest BCUT2D eigenvalue weighted by atomic mass is 35.5. The second kappa shape index (κ2) is 8.40. The van der Waals surface area contributed by atoms with Gasteiger partial charge in [0, 0.05) is 6.04 Å². The number of carbonyl (C=O) groups is 1. The van der Waals surface area contributed by atoms with Crippen LogP contribution in [0.2, 0.25) is 5.02 Å². The molecular weight excluding hydrogens is 284 g/mol. The highest BCUT2D eigenvalue weighted by Gasteiger charge is 2.19. The molecule has 0 radical (unpaired) electrons. The average Bonchev–Trinajstić information content (AvgIpc) is 2.76. The molecule has 0 heterocycles. The molecule has 1 saturated carbocycles. The summed E-state index contributed by atoms with van der Waals surface area (Å²) in [4.78, 5) is 12.0. The topological polar surface area (TPSA) is 41.1 Å². The largest absolute Gasteiger partial charge is 0.324 e. The van der Waals surface area contributed by atoms with E-state index in [1.54, 1.807) is 6.07 Å². The molecular formula is C17H25ClN2O. The summed E-state index contributed by atoms with van der Waals surface area (Å²) in [7, 11) is 0. The quantitative estimate of drug-likeness (QED) is 0.799. The minimum atomic E-state index is -0.0384. The number of halogens is 1. The van der Waals surface area contributed by atoms with Crippen LogP contribution in [0.25, 0.3) is 0 Å². The fraction of sp³-hybridized carbons (Fsp3) is 0.588. The number of hydrogen-bond donors (Lipinski definition) is 2. The maximum Gasteiger partial charge on any atom is 0.238 e. The van der Waals surface area contributed by atoms with Crippen molar-refractivity contribution in [2.75, 3.05) is 11.9 Å². The van der Waals surface area contributed by atoms with Crippen molar-refractivity contribution in [3.63, 3.8) is 0 Å². The minimum absolute atomic E-state index is 0.0384. The summed E-state index contributed by atoms with van der Waals surface area (Å²) in [5.41, 5.74) is 0.674. The van der Waals surface area contributed by atoms with Crippen molar-refractivity contribution >= 4 is 23.2 Å². The maximum atomic E-state index is 12.0. The van der Waals surface area contributed by atoms with E-state index in [1.165, 1.54) is 38.5 Å². The zero-order valence-corrected chi connectivity index (χ0v) is 13.5. The van der Waals surface area contributed by atoms with Crippen LogP contribution in [0.1, 0.15) is 45.4 Å². The van der Waals surface area contributed by atoms with Crippen molar-refractivity contribution in [1.82, 2.24) is 5.32 Å². The van der Waals surface area contributed by atoms with Crippen LogP contribution in [0.5, 0.6) is 0 Å². The van der Waals surface area contributed by atoms with Gasteiger partial charge in [-0.15, -0.1) is 0 Å². The first-order valence-electron chi connectivity index (χ1n) is 7.94.